The monoisotopic (exact) mass is 289 g/mol. The number of benzene rings is 1. The fraction of sp³-hybridized carbons (Fsp3) is 0.588. The molecule has 4 nitrogen and oxygen atoms in total. The minimum Gasteiger partial charge on any atom is -0.493 e. The lowest BCUT2D eigenvalue weighted by molar-refractivity contribution is -0.122. The van der Waals surface area contributed by atoms with E-state index in [4.69, 9.17) is 9.47 Å². The van der Waals surface area contributed by atoms with Crippen molar-refractivity contribution in [1.82, 2.24) is 4.90 Å². The van der Waals surface area contributed by atoms with Gasteiger partial charge in [0.2, 0.25) is 0 Å². The Morgan fingerprint density at radius 3 is 2.71 bits per heavy atom. The van der Waals surface area contributed by atoms with Gasteiger partial charge in [-0.3, -0.25) is 4.79 Å². The molecule has 0 N–H and O–H groups in total. The molecule has 2 aliphatic rings. The molecule has 0 amide bonds. The van der Waals surface area contributed by atoms with Crippen molar-refractivity contribution in [2.24, 2.45) is 5.92 Å². The van der Waals surface area contributed by atoms with Crippen molar-refractivity contribution in [3.8, 4) is 11.5 Å². The van der Waals surface area contributed by atoms with Crippen molar-refractivity contribution >= 4 is 5.78 Å². The third kappa shape index (κ3) is 2.31. The van der Waals surface area contributed by atoms with Crippen LogP contribution in [0.2, 0.25) is 0 Å². The first kappa shape index (κ1) is 14.4. The number of fused-ring (bicyclic) bond motifs is 1. The minimum atomic E-state index is 0.0855. The highest BCUT2D eigenvalue weighted by molar-refractivity contribution is 5.80. The predicted octanol–water partition coefficient (Wildman–Crippen LogP) is 2.26. The van der Waals surface area contributed by atoms with Crippen molar-refractivity contribution < 1.29 is 14.3 Å². The second-order valence-electron chi connectivity index (χ2n) is 6.36. The van der Waals surface area contributed by atoms with Crippen molar-refractivity contribution in [2.75, 3.05) is 34.4 Å². The average Bonchev–Trinajstić information content (AvgIpc) is 2.82. The summed E-state index contributed by atoms with van der Waals surface area (Å²) in [6.45, 7) is 2.01. The Morgan fingerprint density at radius 2 is 2.00 bits per heavy atom. The Morgan fingerprint density at radius 1 is 1.24 bits per heavy atom. The third-order valence-corrected chi connectivity index (χ3v) is 5.15. The molecule has 0 bridgehead atoms. The van der Waals surface area contributed by atoms with Crippen molar-refractivity contribution in [2.45, 2.75) is 24.7 Å². The summed E-state index contributed by atoms with van der Waals surface area (Å²) in [5.74, 6) is 2.36. The number of ether oxygens (including phenoxy) is 2. The second-order valence-corrected chi connectivity index (χ2v) is 6.36. The van der Waals surface area contributed by atoms with Gasteiger partial charge in [-0.2, -0.15) is 0 Å². The van der Waals surface area contributed by atoms with Gasteiger partial charge in [0.1, 0.15) is 5.78 Å². The first-order valence-corrected chi connectivity index (χ1v) is 7.52. The van der Waals surface area contributed by atoms with Crippen LogP contribution in [0.5, 0.6) is 11.5 Å². The van der Waals surface area contributed by atoms with Crippen LogP contribution < -0.4 is 9.47 Å². The number of carbonyl (C=O) groups is 1. The van der Waals surface area contributed by atoms with Crippen LogP contribution in [0.15, 0.2) is 18.2 Å². The van der Waals surface area contributed by atoms with Gasteiger partial charge in [0.05, 0.1) is 14.2 Å². The predicted molar refractivity (Wildman–Crippen MR) is 81.1 cm³/mol. The molecule has 0 radical (unpaired) electrons. The number of Topliss-reactive ketones (excluding diaryl/α,β-unsaturated/α-hetero) is 1. The lowest BCUT2D eigenvalue weighted by atomic mass is 9.64. The van der Waals surface area contributed by atoms with Gasteiger partial charge in [0.25, 0.3) is 0 Å². The quantitative estimate of drug-likeness (QED) is 0.855. The number of likely N-dealkylation sites (N-methyl/N-ethyl adjacent to an activating group) is 1. The molecule has 1 aromatic carbocycles. The molecular weight excluding hydrogens is 266 g/mol. The summed E-state index contributed by atoms with van der Waals surface area (Å²) >= 11 is 0. The summed E-state index contributed by atoms with van der Waals surface area (Å²) in [4.78, 5) is 14.2. The molecule has 2 fully saturated rings. The zero-order chi connectivity index (χ0) is 15.0. The Hall–Kier alpha value is -1.55. The van der Waals surface area contributed by atoms with E-state index in [-0.39, 0.29) is 5.41 Å². The van der Waals surface area contributed by atoms with E-state index in [1.165, 1.54) is 5.56 Å². The van der Waals surface area contributed by atoms with Crippen LogP contribution in [0.4, 0.5) is 0 Å². The van der Waals surface area contributed by atoms with E-state index in [9.17, 15) is 4.79 Å². The Balaban J connectivity index is 2.02. The SMILES string of the molecule is COc1ccc(C23CCC(=O)CC2CN(C)C3)cc1OC. The van der Waals surface area contributed by atoms with Gasteiger partial charge in [-0.25, -0.2) is 0 Å². The van der Waals surface area contributed by atoms with Crippen molar-refractivity contribution in [3.63, 3.8) is 0 Å². The molecule has 4 heteroatoms. The number of nitrogens with zero attached hydrogens (tertiary/aromatic N) is 1. The van der Waals surface area contributed by atoms with Crippen LogP contribution in [0, 0.1) is 5.92 Å². The topological polar surface area (TPSA) is 38.8 Å². The summed E-state index contributed by atoms with van der Waals surface area (Å²) in [6.07, 6.45) is 2.34. The first-order valence-electron chi connectivity index (χ1n) is 7.52. The molecule has 2 atom stereocenters. The Labute approximate surface area is 126 Å². The molecule has 0 spiro atoms. The smallest absolute Gasteiger partial charge is 0.161 e. The lowest BCUT2D eigenvalue weighted by Crippen LogP contribution is -2.40. The van der Waals surface area contributed by atoms with Crippen LogP contribution in [-0.2, 0) is 10.2 Å². The van der Waals surface area contributed by atoms with Crippen LogP contribution in [0.1, 0.15) is 24.8 Å². The molecule has 3 rings (SSSR count). The minimum absolute atomic E-state index is 0.0855. The van der Waals surface area contributed by atoms with Gasteiger partial charge in [-0.05, 0) is 37.1 Å². The highest BCUT2D eigenvalue weighted by atomic mass is 16.5. The van der Waals surface area contributed by atoms with Crippen LogP contribution in [0.25, 0.3) is 0 Å². The fourth-order valence-corrected chi connectivity index (χ4v) is 4.13. The van der Waals surface area contributed by atoms with Crippen molar-refractivity contribution in [1.29, 1.82) is 0 Å². The van der Waals surface area contributed by atoms with E-state index in [0.29, 0.717) is 24.5 Å². The Bertz CT molecular complexity index is 557. The highest BCUT2D eigenvalue weighted by Crippen LogP contribution is 2.48. The largest absolute Gasteiger partial charge is 0.493 e. The zero-order valence-electron chi connectivity index (χ0n) is 13.0. The number of hydrogen-bond acceptors (Lipinski definition) is 4. The van der Waals surface area contributed by atoms with E-state index in [1.54, 1.807) is 14.2 Å². The zero-order valence-corrected chi connectivity index (χ0v) is 13.0. The van der Waals surface area contributed by atoms with Gasteiger partial charge in [-0.15, -0.1) is 0 Å². The Kier molecular flexibility index (Phi) is 3.66. The summed E-state index contributed by atoms with van der Waals surface area (Å²) in [5.41, 5.74) is 1.37. The summed E-state index contributed by atoms with van der Waals surface area (Å²) in [6, 6.07) is 6.22. The number of likely N-dealkylation sites (tertiary alicyclic amines) is 1. The van der Waals surface area contributed by atoms with Gasteiger partial charge < -0.3 is 14.4 Å². The molecule has 0 aromatic heterocycles. The number of hydrogen-bond donors (Lipinski definition) is 0. The maximum absolute atomic E-state index is 11.8. The number of carbonyl (C=O) groups excluding carboxylic acids is 1. The van der Waals surface area contributed by atoms with Crippen LogP contribution in [-0.4, -0.2) is 45.0 Å². The van der Waals surface area contributed by atoms with Gasteiger partial charge in [0, 0.05) is 31.3 Å². The van der Waals surface area contributed by atoms with E-state index in [2.05, 4.69) is 24.1 Å². The van der Waals surface area contributed by atoms with Crippen LogP contribution >= 0.6 is 0 Å². The van der Waals surface area contributed by atoms with E-state index in [0.717, 1.165) is 31.0 Å². The normalized spacial score (nSPS) is 29.3. The molecule has 1 heterocycles. The van der Waals surface area contributed by atoms with Crippen LogP contribution in [0.3, 0.4) is 0 Å². The third-order valence-electron chi connectivity index (χ3n) is 5.15. The van der Waals surface area contributed by atoms with E-state index < -0.39 is 0 Å². The molecule has 1 aliphatic carbocycles. The van der Waals surface area contributed by atoms with Crippen molar-refractivity contribution in [3.05, 3.63) is 23.8 Å². The van der Waals surface area contributed by atoms with Gasteiger partial charge >= 0.3 is 0 Å². The maximum atomic E-state index is 11.8. The molecule has 1 aromatic rings. The van der Waals surface area contributed by atoms with E-state index in [1.807, 2.05) is 6.07 Å². The number of ketones is 1. The van der Waals surface area contributed by atoms with Gasteiger partial charge in [0.15, 0.2) is 11.5 Å². The molecule has 1 aliphatic heterocycles. The molecular formula is C17H23NO3. The summed E-state index contributed by atoms with van der Waals surface area (Å²) in [5, 5.41) is 0. The molecule has 1 saturated heterocycles. The first-order chi connectivity index (χ1) is 10.1. The molecule has 114 valence electrons. The maximum Gasteiger partial charge on any atom is 0.161 e. The summed E-state index contributed by atoms with van der Waals surface area (Å²) in [7, 11) is 5.47. The lowest BCUT2D eigenvalue weighted by Gasteiger charge is -2.39. The molecule has 1 saturated carbocycles. The van der Waals surface area contributed by atoms with Gasteiger partial charge in [-0.1, -0.05) is 6.07 Å². The second kappa shape index (κ2) is 5.34. The highest BCUT2D eigenvalue weighted by Gasteiger charge is 2.49. The number of rotatable bonds is 3. The average molecular weight is 289 g/mol. The fourth-order valence-electron chi connectivity index (χ4n) is 4.13. The molecule has 2 unspecified atom stereocenters. The molecule has 21 heavy (non-hydrogen) atoms. The standard InChI is InChI=1S/C17H23NO3/c1-18-10-13-8-14(19)6-7-17(13,11-18)12-4-5-15(20-2)16(9-12)21-3/h4-5,9,13H,6-8,10-11H2,1-3H3. The summed E-state index contributed by atoms with van der Waals surface area (Å²) < 4.78 is 10.8. The van der Waals surface area contributed by atoms with E-state index >= 15 is 0 Å². The number of methoxy groups -OCH3 is 2.